The number of hydrogen-bond acceptors (Lipinski definition) is 3. The van der Waals surface area contributed by atoms with Gasteiger partial charge in [-0.15, -0.1) is 0 Å². The maximum absolute atomic E-state index is 5.32. The molecule has 0 heterocycles. The molecule has 1 atom stereocenters. The lowest BCUT2D eigenvalue weighted by molar-refractivity contribution is 0.150. The van der Waals surface area contributed by atoms with Crippen molar-refractivity contribution in [3.05, 3.63) is 29.8 Å². The summed E-state index contributed by atoms with van der Waals surface area (Å²) in [6.07, 6.45) is 9.53. The molecule has 1 fully saturated rings. The lowest BCUT2D eigenvalue weighted by Crippen LogP contribution is -2.35. The highest BCUT2D eigenvalue weighted by atomic mass is 16.5. The van der Waals surface area contributed by atoms with E-state index in [-0.39, 0.29) is 0 Å². The normalized spacial score (nSPS) is 20.1. The standard InChI is InChI=1S/C24H42N2O.C2H6/c1-5-7-20(6-2)17-26(19-23-12-14-24(27-4)15-13-23)18-22-10-8-21(9-11-22)16-25-3;1-2/h12-15,20-22,25H,5-11,16-19H2,1-4H3;1-2H3. The summed E-state index contributed by atoms with van der Waals surface area (Å²) in [6.45, 7) is 13.4. The van der Waals surface area contributed by atoms with Gasteiger partial charge in [0.25, 0.3) is 0 Å². The van der Waals surface area contributed by atoms with E-state index in [0.717, 1.165) is 30.0 Å². The molecular weight excluding hydrogens is 356 g/mol. The molecule has 3 heteroatoms. The molecule has 168 valence electrons. The van der Waals surface area contributed by atoms with Crippen molar-refractivity contribution in [3.8, 4) is 5.75 Å². The fourth-order valence-electron chi connectivity index (χ4n) is 4.66. The summed E-state index contributed by atoms with van der Waals surface area (Å²) < 4.78 is 5.32. The van der Waals surface area contributed by atoms with Crippen molar-refractivity contribution in [1.29, 1.82) is 0 Å². The predicted molar refractivity (Wildman–Crippen MR) is 128 cm³/mol. The Morgan fingerprint density at radius 3 is 2.17 bits per heavy atom. The van der Waals surface area contributed by atoms with Gasteiger partial charge < -0.3 is 10.1 Å². The number of nitrogens with one attached hydrogen (secondary N) is 1. The van der Waals surface area contributed by atoms with E-state index in [0.29, 0.717) is 0 Å². The smallest absolute Gasteiger partial charge is 0.118 e. The second-order valence-corrected chi connectivity index (χ2v) is 8.55. The minimum absolute atomic E-state index is 0.828. The van der Waals surface area contributed by atoms with Gasteiger partial charge in [-0.25, -0.2) is 0 Å². The molecule has 1 aliphatic rings. The monoisotopic (exact) mass is 404 g/mol. The molecule has 0 radical (unpaired) electrons. The van der Waals surface area contributed by atoms with Gasteiger partial charge in [0, 0.05) is 19.6 Å². The number of ether oxygens (including phenoxy) is 1. The van der Waals surface area contributed by atoms with Crippen LogP contribution < -0.4 is 10.1 Å². The van der Waals surface area contributed by atoms with Crippen molar-refractivity contribution in [2.75, 3.05) is 33.8 Å². The van der Waals surface area contributed by atoms with Crippen molar-refractivity contribution < 1.29 is 4.74 Å². The van der Waals surface area contributed by atoms with E-state index in [9.17, 15) is 0 Å². The summed E-state index contributed by atoms with van der Waals surface area (Å²) in [6, 6.07) is 8.66. The Labute approximate surface area is 181 Å². The first kappa shape index (κ1) is 26.0. The van der Waals surface area contributed by atoms with Crippen LogP contribution in [0.25, 0.3) is 0 Å². The van der Waals surface area contributed by atoms with Crippen LogP contribution in [0.4, 0.5) is 0 Å². The molecule has 3 nitrogen and oxygen atoms in total. The molecule has 0 spiro atoms. The van der Waals surface area contributed by atoms with Gasteiger partial charge in [0.05, 0.1) is 7.11 Å². The Hall–Kier alpha value is -1.06. The number of nitrogens with zero attached hydrogens (tertiary/aromatic N) is 1. The minimum Gasteiger partial charge on any atom is -0.497 e. The molecule has 0 aliphatic heterocycles. The average Bonchev–Trinajstić information content (AvgIpc) is 2.77. The van der Waals surface area contributed by atoms with Crippen LogP contribution in [0.1, 0.15) is 78.2 Å². The van der Waals surface area contributed by atoms with Crippen molar-refractivity contribution in [1.82, 2.24) is 10.2 Å². The molecule has 1 unspecified atom stereocenters. The molecule has 29 heavy (non-hydrogen) atoms. The number of rotatable bonds is 12. The largest absolute Gasteiger partial charge is 0.497 e. The van der Waals surface area contributed by atoms with Crippen LogP contribution in [0.15, 0.2) is 24.3 Å². The zero-order valence-electron chi connectivity index (χ0n) is 20.2. The van der Waals surface area contributed by atoms with Crippen molar-refractivity contribution >= 4 is 0 Å². The Kier molecular flexibility index (Phi) is 14.1. The third-order valence-corrected chi connectivity index (χ3v) is 6.33. The summed E-state index contributed by atoms with van der Waals surface area (Å²) in [7, 11) is 3.82. The third kappa shape index (κ3) is 10.00. The number of methoxy groups -OCH3 is 1. The molecule has 0 amide bonds. The van der Waals surface area contributed by atoms with E-state index < -0.39 is 0 Å². The Bertz CT molecular complexity index is 494. The van der Waals surface area contributed by atoms with Gasteiger partial charge in [0.1, 0.15) is 5.75 Å². The predicted octanol–water partition coefficient (Wildman–Crippen LogP) is 6.38. The molecule has 1 saturated carbocycles. The van der Waals surface area contributed by atoms with E-state index in [2.05, 4.69) is 55.4 Å². The number of hydrogen-bond donors (Lipinski definition) is 1. The van der Waals surface area contributed by atoms with Crippen LogP contribution in [0.3, 0.4) is 0 Å². The van der Waals surface area contributed by atoms with Crippen LogP contribution in [-0.2, 0) is 6.54 Å². The first-order valence-electron chi connectivity index (χ1n) is 12.2. The van der Waals surface area contributed by atoms with E-state index in [4.69, 9.17) is 4.74 Å². The quantitative estimate of drug-likeness (QED) is 0.438. The minimum atomic E-state index is 0.828. The Morgan fingerprint density at radius 2 is 1.66 bits per heavy atom. The van der Waals surface area contributed by atoms with Gasteiger partial charge in [0.2, 0.25) is 0 Å². The summed E-state index contributed by atoms with van der Waals surface area (Å²) in [5.74, 6) is 3.54. The Morgan fingerprint density at radius 1 is 1.03 bits per heavy atom. The fraction of sp³-hybridized carbons (Fsp3) is 0.769. The molecule has 1 N–H and O–H groups in total. The van der Waals surface area contributed by atoms with Crippen LogP contribution in [-0.4, -0.2) is 38.7 Å². The molecule has 0 aromatic heterocycles. The van der Waals surface area contributed by atoms with Gasteiger partial charge in [0.15, 0.2) is 0 Å². The highest BCUT2D eigenvalue weighted by Crippen LogP contribution is 2.30. The van der Waals surface area contributed by atoms with Crippen LogP contribution in [0.5, 0.6) is 5.75 Å². The molecule has 1 aromatic carbocycles. The summed E-state index contributed by atoms with van der Waals surface area (Å²) in [4.78, 5) is 2.74. The van der Waals surface area contributed by atoms with Crippen LogP contribution >= 0.6 is 0 Å². The van der Waals surface area contributed by atoms with E-state index >= 15 is 0 Å². The van der Waals surface area contributed by atoms with Gasteiger partial charge in [-0.2, -0.15) is 0 Å². The SMILES string of the molecule is CC.CCCC(CC)CN(Cc1ccc(OC)cc1)CC1CCC(CNC)CC1. The highest BCUT2D eigenvalue weighted by molar-refractivity contribution is 5.27. The van der Waals surface area contributed by atoms with Crippen molar-refractivity contribution in [3.63, 3.8) is 0 Å². The summed E-state index contributed by atoms with van der Waals surface area (Å²) >= 11 is 0. The van der Waals surface area contributed by atoms with Gasteiger partial charge in [-0.1, -0.05) is 52.7 Å². The molecule has 0 bridgehead atoms. The second kappa shape index (κ2) is 15.7. The zero-order valence-corrected chi connectivity index (χ0v) is 20.2. The fourth-order valence-corrected chi connectivity index (χ4v) is 4.66. The van der Waals surface area contributed by atoms with E-state index in [1.54, 1.807) is 7.11 Å². The van der Waals surface area contributed by atoms with E-state index in [1.807, 2.05) is 13.8 Å². The lowest BCUT2D eigenvalue weighted by atomic mass is 9.81. The first-order chi connectivity index (χ1) is 14.2. The first-order valence-corrected chi connectivity index (χ1v) is 12.2. The lowest BCUT2D eigenvalue weighted by Gasteiger charge is -2.34. The molecule has 1 aromatic rings. The van der Waals surface area contributed by atoms with Gasteiger partial charge in [-0.3, -0.25) is 4.90 Å². The van der Waals surface area contributed by atoms with E-state index in [1.165, 1.54) is 70.1 Å². The number of benzene rings is 1. The topological polar surface area (TPSA) is 24.5 Å². The highest BCUT2D eigenvalue weighted by Gasteiger charge is 2.23. The molecule has 2 rings (SSSR count). The second-order valence-electron chi connectivity index (χ2n) is 8.55. The van der Waals surface area contributed by atoms with Gasteiger partial charge >= 0.3 is 0 Å². The molecular formula is C26H48N2O. The summed E-state index contributed by atoms with van der Waals surface area (Å²) in [5, 5.41) is 3.36. The van der Waals surface area contributed by atoms with Crippen molar-refractivity contribution in [2.45, 2.75) is 79.2 Å². The molecule has 0 saturated heterocycles. The maximum Gasteiger partial charge on any atom is 0.118 e. The maximum atomic E-state index is 5.32. The summed E-state index contributed by atoms with van der Waals surface area (Å²) in [5.41, 5.74) is 1.41. The average molecular weight is 405 g/mol. The van der Waals surface area contributed by atoms with Crippen molar-refractivity contribution in [2.24, 2.45) is 17.8 Å². The van der Waals surface area contributed by atoms with Gasteiger partial charge in [-0.05, 0) is 81.1 Å². The van der Waals surface area contributed by atoms with Crippen LogP contribution in [0, 0.1) is 17.8 Å². The Balaban J connectivity index is 0.00000204. The third-order valence-electron chi connectivity index (χ3n) is 6.33. The molecule has 1 aliphatic carbocycles. The zero-order chi connectivity index (χ0) is 21.5. The van der Waals surface area contributed by atoms with Crippen LogP contribution in [0.2, 0.25) is 0 Å².